The van der Waals surface area contributed by atoms with E-state index in [0.717, 1.165) is 24.0 Å². The van der Waals surface area contributed by atoms with Crippen LogP contribution in [0, 0.1) is 11.8 Å². The maximum Gasteiger partial charge on any atom is 0.336 e. The van der Waals surface area contributed by atoms with E-state index in [1.165, 1.54) is 5.57 Å². The lowest BCUT2D eigenvalue weighted by molar-refractivity contribution is -0.284. The van der Waals surface area contributed by atoms with Crippen LogP contribution in [0.3, 0.4) is 0 Å². The first-order valence-corrected chi connectivity index (χ1v) is 15.7. The van der Waals surface area contributed by atoms with E-state index < -0.39 is 28.9 Å². The Hall–Kier alpha value is -3.58. The molecule has 3 heterocycles. The van der Waals surface area contributed by atoms with Crippen LogP contribution in [0.2, 0.25) is 0 Å². The zero-order valence-electron chi connectivity index (χ0n) is 27.3. The standard InChI is InChI=1S/C37H46O7/c1-21(2)11-9-12-23(5)16-18-25-30(38)26(17-15-22(3)4)33-29(31(25)39)32(40)27-13-10-14-28-35(7,8)44-36(37(27,28)42-33)20-19-24(6)34(41)43-36/h10-11,13,15-16,19,27-28,38-39H,9,12,14,17-18,20H2,1-8H3. The summed E-state index contributed by atoms with van der Waals surface area (Å²) < 4.78 is 19.8. The molecule has 1 fully saturated rings. The lowest BCUT2D eigenvalue weighted by Crippen LogP contribution is -2.68. The van der Waals surface area contributed by atoms with Crippen molar-refractivity contribution >= 4 is 11.8 Å². The molecule has 1 aromatic rings. The summed E-state index contributed by atoms with van der Waals surface area (Å²) in [4.78, 5) is 27.7. The second-order valence-electron chi connectivity index (χ2n) is 13.8. The highest BCUT2D eigenvalue weighted by Crippen LogP contribution is 2.64. The van der Waals surface area contributed by atoms with Gasteiger partial charge in [0.05, 0.1) is 11.5 Å². The SMILES string of the molecule is CC(C)=CCCC(C)=CCc1c(O)c(CC=C(C)C)c2c(c1O)C(=O)C1C=CCC3C(C)(C)OC4(CC=C(C)C(=O)O4)C13O2. The van der Waals surface area contributed by atoms with Gasteiger partial charge in [-0.1, -0.05) is 53.2 Å². The fourth-order valence-corrected chi connectivity index (χ4v) is 7.34. The molecule has 2 N–H and O–H groups in total. The van der Waals surface area contributed by atoms with Crippen molar-refractivity contribution in [3.8, 4) is 17.2 Å². The molecule has 7 heteroatoms. The molecule has 0 bridgehead atoms. The lowest BCUT2D eigenvalue weighted by Gasteiger charge is -2.53. The quantitative estimate of drug-likeness (QED) is 0.243. The van der Waals surface area contributed by atoms with Gasteiger partial charge >= 0.3 is 5.97 Å². The number of allylic oxidation sites excluding steroid dienone is 7. The molecule has 44 heavy (non-hydrogen) atoms. The highest BCUT2D eigenvalue weighted by molar-refractivity contribution is 6.07. The van der Waals surface area contributed by atoms with Gasteiger partial charge in [0.1, 0.15) is 22.8 Å². The molecule has 3 aliphatic heterocycles. The first-order chi connectivity index (χ1) is 20.6. The number of fused-ring (bicyclic) bond motifs is 1. The number of benzene rings is 1. The number of rotatable bonds is 7. The number of ether oxygens (including phenoxy) is 3. The van der Waals surface area contributed by atoms with Crippen molar-refractivity contribution in [2.45, 2.75) is 111 Å². The largest absolute Gasteiger partial charge is 0.507 e. The summed E-state index contributed by atoms with van der Waals surface area (Å²) in [5, 5.41) is 23.4. The molecule has 1 aliphatic carbocycles. The van der Waals surface area contributed by atoms with Crippen molar-refractivity contribution in [3.63, 3.8) is 0 Å². The van der Waals surface area contributed by atoms with Crippen molar-refractivity contribution in [1.82, 2.24) is 0 Å². The van der Waals surface area contributed by atoms with E-state index in [1.54, 1.807) is 13.0 Å². The average Bonchev–Trinajstić information content (AvgIpc) is 3.12. The average molecular weight is 603 g/mol. The minimum atomic E-state index is -1.57. The molecule has 4 unspecified atom stereocenters. The maximum atomic E-state index is 14.7. The van der Waals surface area contributed by atoms with Crippen molar-refractivity contribution in [1.29, 1.82) is 0 Å². The van der Waals surface area contributed by atoms with Gasteiger partial charge in [0.25, 0.3) is 5.79 Å². The van der Waals surface area contributed by atoms with Crippen LogP contribution in [0.15, 0.2) is 58.7 Å². The van der Waals surface area contributed by atoms with Crippen LogP contribution in [-0.2, 0) is 27.1 Å². The minimum absolute atomic E-state index is 0.0557. The Labute approximate surface area is 261 Å². The molecule has 2 spiro atoms. The van der Waals surface area contributed by atoms with Crippen LogP contribution < -0.4 is 4.74 Å². The van der Waals surface area contributed by atoms with Gasteiger partial charge in [0.2, 0.25) is 0 Å². The number of carbonyl (C=O) groups excluding carboxylic acids is 2. The Bertz CT molecular complexity index is 1540. The number of Topliss-reactive ketones (excluding diaryl/α,β-unsaturated/α-hetero) is 1. The Kier molecular flexibility index (Phi) is 8.25. The summed E-state index contributed by atoms with van der Waals surface area (Å²) in [7, 11) is 0. The molecular formula is C37H46O7. The Morgan fingerprint density at radius 1 is 0.955 bits per heavy atom. The van der Waals surface area contributed by atoms with Gasteiger partial charge in [-0.05, 0) is 87.5 Å². The maximum absolute atomic E-state index is 14.7. The summed E-state index contributed by atoms with van der Waals surface area (Å²) in [5.74, 6) is -3.89. The fraction of sp³-hybridized carbons (Fsp3) is 0.514. The Balaban J connectivity index is 1.70. The van der Waals surface area contributed by atoms with E-state index in [1.807, 2.05) is 58.9 Å². The fourth-order valence-electron chi connectivity index (χ4n) is 7.34. The predicted octanol–water partition coefficient (Wildman–Crippen LogP) is 7.75. The molecule has 0 saturated carbocycles. The van der Waals surface area contributed by atoms with Gasteiger partial charge in [-0.25, -0.2) is 4.79 Å². The van der Waals surface area contributed by atoms with Crippen LogP contribution in [0.5, 0.6) is 17.2 Å². The van der Waals surface area contributed by atoms with Gasteiger partial charge in [0.15, 0.2) is 11.4 Å². The monoisotopic (exact) mass is 602 g/mol. The molecule has 1 aromatic carbocycles. The van der Waals surface area contributed by atoms with Crippen LogP contribution in [-0.4, -0.2) is 39.0 Å². The lowest BCUT2D eigenvalue weighted by atomic mass is 9.60. The van der Waals surface area contributed by atoms with E-state index in [0.29, 0.717) is 23.1 Å². The number of phenols is 2. The number of ketones is 1. The van der Waals surface area contributed by atoms with Crippen molar-refractivity contribution < 1.29 is 34.0 Å². The second-order valence-corrected chi connectivity index (χ2v) is 13.8. The highest BCUT2D eigenvalue weighted by Gasteiger charge is 2.78. The van der Waals surface area contributed by atoms with Crippen LogP contribution in [0.25, 0.3) is 0 Å². The van der Waals surface area contributed by atoms with Crippen molar-refractivity contribution in [2.24, 2.45) is 11.8 Å². The predicted molar refractivity (Wildman–Crippen MR) is 170 cm³/mol. The molecule has 4 atom stereocenters. The molecule has 7 nitrogen and oxygen atoms in total. The molecule has 236 valence electrons. The number of phenolic OH excluding ortho intramolecular Hbond substituents is 2. The Morgan fingerprint density at radius 2 is 1.64 bits per heavy atom. The third-order valence-corrected chi connectivity index (χ3v) is 9.65. The van der Waals surface area contributed by atoms with Crippen LogP contribution in [0.4, 0.5) is 0 Å². The normalized spacial score (nSPS) is 28.4. The van der Waals surface area contributed by atoms with Gasteiger partial charge in [-0.2, -0.15) is 0 Å². The Morgan fingerprint density at radius 3 is 2.30 bits per heavy atom. The minimum Gasteiger partial charge on any atom is -0.507 e. The van der Waals surface area contributed by atoms with E-state index in [2.05, 4.69) is 19.9 Å². The molecule has 1 saturated heterocycles. The van der Waals surface area contributed by atoms with E-state index in [4.69, 9.17) is 14.2 Å². The number of carbonyl (C=O) groups is 2. The summed E-state index contributed by atoms with van der Waals surface area (Å²) in [6.45, 7) is 15.7. The number of esters is 1. The summed E-state index contributed by atoms with van der Waals surface area (Å²) in [6, 6.07) is 0. The van der Waals surface area contributed by atoms with Gasteiger partial charge < -0.3 is 24.4 Å². The van der Waals surface area contributed by atoms with Crippen molar-refractivity contribution in [2.75, 3.05) is 0 Å². The van der Waals surface area contributed by atoms with E-state index >= 15 is 0 Å². The molecule has 4 aliphatic rings. The number of hydrogen-bond donors (Lipinski definition) is 2. The molecule has 0 radical (unpaired) electrons. The van der Waals surface area contributed by atoms with Crippen molar-refractivity contribution in [3.05, 3.63) is 75.4 Å². The number of aromatic hydroxyl groups is 2. The summed E-state index contributed by atoms with van der Waals surface area (Å²) in [5.41, 5.74) is 2.45. The first-order valence-electron chi connectivity index (χ1n) is 15.7. The molecular weight excluding hydrogens is 556 g/mol. The highest BCUT2D eigenvalue weighted by atomic mass is 16.8. The van der Waals surface area contributed by atoms with E-state index in [-0.39, 0.29) is 53.8 Å². The zero-order chi connectivity index (χ0) is 32.2. The van der Waals surface area contributed by atoms with Gasteiger partial charge in [-0.15, -0.1) is 0 Å². The zero-order valence-corrected chi connectivity index (χ0v) is 27.3. The van der Waals surface area contributed by atoms with Crippen LogP contribution in [0.1, 0.15) is 103 Å². The number of hydrogen-bond acceptors (Lipinski definition) is 7. The molecule has 5 rings (SSSR count). The summed E-state index contributed by atoms with van der Waals surface area (Å²) >= 11 is 0. The topological polar surface area (TPSA) is 102 Å². The first kappa shape index (κ1) is 31.8. The van der Waals surface area contributed by atoms with Gasteiger partial charge in [-0.3, -0.25) is 4.79 Å². The molecule has 0 aromatic heterocycles. The third-order valence-electron chi connectivity index (χ3n) is 9.65. The van der Waals surface area contributed by atoms with E-state index in [9.17, 15) is 19.8 Å². The van der Waals surface area contributed by atoms with Crippen LogP contribution >= 0.6 is 0 Å². The second kappa shape index (κ2) is 11.4. The molecule has 0 amide bonds. The smallest absolute Gasteiger partial charge is 0.336 e. The summed E-state index contributed by atoms with van der Waals surface area (Å²) in [6.07, 6.45) is 14.8. The third kappa shape index (κ3) is 5.03. The van der Waals surface area contributed by atoms with Gasteiger partial charge in [0, 0.05) is 29.0 Å².